The van der Waals surface area contributed by atoms with Gasteiger partial charge >= 0.3 is 0 Å². The third kappa shape index (κ3) is 2.14. The zero-order valence-electron chi connectivity index (χ0n) is 8.71. The number of rotatable bonds is 4. The quantitative estimate of drug-likeness (QED) is 0.427. The van der Waals surface area contributed by atoms with Gasteiger partial charge < -0.3 is 4.57 Å². The van der Waals surface area contributed by atoms with E-state index in [2.05, 4.69) is 12.3 Å². The van der Waals surface area contributed by atoms with Gasteiger partial charge in [-0.1, -0.05) is 13.3 Å². The van der Waals surface area contributed by atoms with Crippen LogP contribution in [-0.2, 0) is 13.5 Å². The number of carbonyl (C=O) groups is 1. The maximum absolute atomic E-state index is 11.3. The lowest BCUT2D eigenvalue weighted by Gasteiger charge is -2.05. The highest BCUT2D eigenvalue weighted by molar-refractivity contribution is 5.92. The molecule has 0 aliphatic heterocycles. The van der Waals surface area contributed by atoms with Gasteiger partial charge in [0, 0.05) is 12.7 Å². The minimum atomic E-state index is -0.241. The fourth-order valence-corrected chi connectivity index (χ4v) is 1.46. The highest BCUT2D eigenvalue weighted by Gasteiger charge is 2.10. The third-order valence-corrected chi connectivity index (χ3v) is 2.38. The van der Waals surface area contributed by atoms with Crippen molar-refractivity contribution in [2.75, 3.05) is 0 Å². The van der Waals surface area contributed by atoms with Crippen LogP contribution in [-0.4, -0.2) is 10.5 Å². The van der Waals surface area contributed by atoms with E-state index in [1.54, 1.807) is 6.07 Å². The van der Waals surface area contributed by atoms with Gasteiger partial charge in [-0.2, -0.15) is 0 Å². The number of aromatic nitrogens is 1. The van der Waals surface area contributed by atoms with Crippen molar-refractivity contribution in [1.82, 2.24) is 9.99 Å². The number of nitrogens with two attached hydrogens (primary N) is 1. The molecule has 1 rings (SSSR count). The Morgan fingerprint density at radius 2 is 2.29 bits per heavy atom. The molecule has 1 aromatic rings. The van der Waals surface area contributed by atoms with Crippen LogP contribution in [0.3, 0.4) is 0 Å². The highest BCUT2D eigenvalue weighted by atomic mass is 16.2. The largest absolute Gasteiger partial charge is 0.344 e. The zero-order chi connectivity index (χ0) is 10.6. The maximum atomic E-state index is 11.3. The monoisotopic (exact) mass is 195 g/mol. The number of nitrogen functional groups attached to an aromatic ring is 1. The second-order valence-electron chi connectivity index (χ2n) is 3.35. The summed E-state index contributed by atoms with van der Waals surface area (Å²) in [6.45, 7) is 2.15. The number of carbonyl (C=O) groups excluding carboxylic acids is 1. The lowest BCUT2D eigenvalue weighted by molar-refractivity contribution is 0.0945. The first-order valence-electron chi connectivity index (χ1n) is 4.86. The van der Waals surface area contributed by atoms with Crippen LogP contribution < -0.4 is 11.3 Å². The van der Waals surface area contributed by atoms with Crippen LogP contribution in [0.1, 0.15) is 35.9 Å². The molecular weight excluding hydrogens is 178 g/mol. The van der Waals surface area contributed by atoms with E-state index in [4.69, 9.17) is 5.84 Å². The topological polar surface area (TPSA) is 60.1 Å². The molecule has 1 heterocycles. The van der Waals surface area contributed by atoms with E-state index in [1.807, 2.05) is 17.7 Å². The SMILES string of the molecule is CCCCc1ccc(C(=O)NN)n1C. The van der Waals surface area contributed by atoms with Gasteiger partial charge in [0.05, 0.1) is 0 Å². The van der Waals surface area contributed by atoms with Gasteiger partial charge in [-0.05, 0) is 25.0 Å². The molecule has 0 spiro atoms. The van der Waals surface area contributed by atoms with Crippen molar-refractivity contribution >= 4 is 5.91 Å². The van der Waals surface area contributed by atoms with Crippen molar-refractivity contribution in [3.8, 4) is 0 Å². The van der Waals surface area contributed by atoms with Crippen molar-refractivity contribution < 1.29 is 4.79 Å². The Balaban J connectivity index is 2.80. The summed E-state index contributed by atoms with van der Waals surface area (Å²) >= 11 is 0. The normalized spacial score (nSPS) is 10.2. The summed E-state index contributed by atoms with van der Waals surface area (Å²) in [5, 5.41) is 0. The molecule has 3 N–H and O–H groups in total. The van der Waals surface area contributed by atoms with Gasteiger partial charge in [-0.3, -0.25) is 10.2 Å². The summed E-state index contributed by atoms with van der Waals surface area (Å²) in [6, 6.07) is 3.77. The number of hydrazine groups is 1. The second kappa shape index (κ2) is 4.81. The number of nitrogens with one attached hydrogen (secondary N) is 1. The molecule has 0 unspecified atom stereocenters. The average Bonchev–Trinajstić information content (AvgIpc) is 2.56. The predicted molar refractivity (Wildman–Crippen MR) is 55.7 cm³/mol. The Labute approximate surface area is 84.1 Å². The van der Waals surface area contributed by atoms with Gasteiger partial charge in [0.15, 0.2) is 0 Å². The van der Waals surface area contributed by atoms with Crippen molar-refractivity contribution in [2.45, 2.75) is 26.2 Å². The van der Waals surface area contributed by atoms with Crippen LogP contribution in [0.15, 0.2) is 12.1 Å². The Hall–Kier alpha value is -1.29. The Kier molecular flexibility index (Phi) is 3.71. The highest BCUT2D eigenvalue weighted by Crippen LogP contribution is 2.10. The lowest BCUT2D eigenvalue weighted by Crippen LogP contribution is -2.31. The summed E-state index contributed by atoms with van der Waals surface area (Å²) in [4.78, 5) is 11.3. The number of amides is 1. The van der Waals surface area contributed by atoms with E-state index in [9.17, 15) is 4.79 Å². The minimum absolute atomic E-state index is 0.241. The molecular formula is C10H17N3O. The number of unbranched alkanes of at least 4 members (excludes halogenated alkanes) is 1. The van der Waals surface area contributed by atoms with Gasteiger partial charge in [-0.25, -0.2) is 5.84 Å². The summed E-state index contributed by atoms with van der Waals surface area (Å²) in [5.74, 6) is 4.83. The average molecular weight is 195 g/mol. The van der Waals surface area contributed by atoms with Crippen LogP contribution >= 0.6 is 0 Å². The Bertz CT molecular complexity index is 317. The summed E-state index contributed by atoms with van der Waals surface area (Å²) in [6.07, 6.45) is 3.30. The molecule has 0 atom stereocenters. The number of aryl methyl sites for hydroxylation is 1. The molecule has 14 heavy (non-hydrogen) atoms. The molecule has 1 amide bonds. The standard InChI is InChI=1S/C10H17N3O/c1-3-4-5-8-6-7-9(13(8)2)10(14)12-11/h6-7H,3-5,11H2,1-2H3,(H,12,14). The molecule has 78 valence electrons. The molecule has 0 bridgehead atoms. The molecule has 0 aliphatic carbocycles. The number of hydrogen-bond donors (Lipinski definition) is 2. The Morgan fingerprint density at radius 3 is 2.86 bits per heavy atom. The van der Waals surface area contributed by atoms with E-state index in [-0.39, 0.29) is 5.91 Å². The van der Waals surface area contributed by atoms with Crippen molar-refractivity contribution in [3.63, 3.8) is 0 Å². The first kappa shape index (κ1) is 10.8. The Morgan fingerprint density at radius 1 is 1.57 bits per heavy atom. The summed E-state index contributed by atoms with van der Waals surface area (Å²) in [7, 11) is 1.88. The molecule has 0 radical (unpaired) electrons. The second-order valence-corrected chi connectivity index (χ2v) is 3.35. The summed E-state index contributed by atoms with van der Waals surface area (Å²) in [5.41, 5.74) is 3.91. The van der Waals surface area contributed by atoms with Crippen LogP contribution in [0.4, 0.5) is 0 Å². The van der Waals surface area contributed by atoms with Gasteiger partial charge in [0.2, 0.25) is 0 Å². The van der Waals surface area contributed by atoms with Gasteiger partial charge in [0.25, 0.3) is 5.91 Å². The molecule has 0 saturated carbocycles. The first-order valence-corrected chi connectivity index (χ1v) is 4.86. The molecule has 0 aliphatic rings. The van der Waals surface area contributed by atoms with Crippen LogP contribution in [0.5, 0.6) is 0 Å². The van der Waals surface area contributed by atoms with Gasteiger partial charge in [0.1, 0.15) is 5.69 Å². The van der Waals surface area contributed by atoms with E-state index in [1.165, 1.54) is 5.69 Å². The van der Waals surface area contributed by atoms with E-state index in [0.29, 0.717) is 5.69 Å². The van der Waals surface area contributed by atoms with E-state index in [0.717, 1.165) is 19.3 Å². The molecule has 0 saturated heterocycles. The van der Waals surface area contributed by atoms with Crippen LogP contribution in [0.2, 0.25) is 0 Å². The van der Waals surface area contributed by atoms with Crippen molar-refractivity contribution in [3.05, 3.63) is 23.5 Å². The fourth-order valence-electron chi connectivity index (χ4n) is 1.46. The van der Waals surface area contributed by atoms with Crippen LogP contribution in [0.25, 0.3) is 0 Å². The zero-order valence-corrected chi connectivity index (χ0v) is 8.71. The summed E-state index contributed by atoms with van der Waals surface area (Å²) < 4.78 is 1.89. The van der Waals surface area contributed by atoms with Gasteiger partial charge in [-0.15, -0.1) is 0 Å². The maximum Gasteiger partial charge on any atom is 0.281 e. The smallest absolute Gasteiger partial charge is 0.281 e. The minimum Gasteiger partial charge on any atom is -0.344 e. The molecule has 1 aromatic heterocycles. The molecule has 0 aromatic carbocycles. The van der Waals surface area contributed by atoms with E-state index < -0.39 is 0 Å². The molecule has 0 fully saturated rings. The predicted octanol–water partition coefficient (Wildman–Crippen LogP) is 0.971. The molecule has 4 heteroatoms. The molecule has 4 nitrogen and oxygen atoms in total. The van der Waals surface area contributed by atoms with Crippen LogP contribution in [0, 0.1) is 0 Å². The lowest BCUT2D eigenvalue weighted by atomic mass is 10.2. The van der Waals surface area contributed by atoms with Crippen molar-refractivity contribution in [1.29, 1.82) is 0 Å². The third-order valence-electron chi connectivity index (χ3n) is 2.38. The number of nitrogens with zero attached hydrogens (tertiary/aromatic N) is 1. The van der Waals surface area contributed by atoms with E-state index >= 15 is 0 Å². The first-order chi connectivity index (χ1) is 6.70. The fraction of sp³-hybridized carbons (Fsp3) is 0.500. The van der Waals surface area contributed by atoms with Crippen molar-refractivity contribution in [2.24, 2.45) is 12.9 Å². The number of hydrogen-bond acceptors (Lipinski definition) is 2.